The van der Waals surface area contributed by atoms with Crippen molar-refractivity contribution in [2.24, 2.45) is 0 Å². The number of rotatable bonds is 6. The predicted molar refractivity (Wildman–Crippen MR) is 104 cm³/mol. The highest BCUT2D eigenvalue weighted by Gasteiger charge is 2.28. The second-order valence-electron chi connectivity index (χ2n) is 7.08. The molecule has 27 heavy (non-hydrogen) atoms. The monoisotopic (exact) mass is 370 g/mol. The molecule has 3 rings (SSSR count). The van der Waals surface area contributed by atoms with Crippen molar-refractivity contribution in [3.8, 4) is 11.6 Å². The Morgan fingerprint density at radius 2 is 1.96 bits per heavy atom. The van der Waals surface area contributed by atoms with Crippen LogP contribution in [-0.4, -0.2) is 60.2 Å². The van der Waals surface area contributed by atoms with E-state index < -0.39 is 0 Å². The van der Waals surface area contributed by atoms with Crippen LogP contribution in [0.2, 0.25) is 0 Å². The average molecular weight is 370 g/mol. The number of benzene rings is 1. The zero-order valence-electron chi connectivity index (χ0n) is 16.3. The number of carbonyl (C=O) groups excluding carboxylic acids is 1. The number of aromatic nitrogens is 2. The SMILES string of the molecule is CC(C)Oc1ccc(C(=O)N2CCC(Oc3cncc(N(C)C)n3)C2)cc1. The molecule has 1 fully saturated rings. The highest BCUT2D eigenvalue weighted by atomic mass is 16.5. The smallest absolute Gasteiger partial charge is 0.253 e. The third-order valence-electron chi connectivity index (χ3n) is 4.25. The van der Waals surface area contributed by atoms with E-state index in [1.807, 2.05) is 49.9 Å². The third-order valence-corrected chi connectivity index (χ3v) is 4.25. The van der Waals surface area contributed by atoms with E-state index in [0.29, 0.717) is 24.5 Å². The zero-order valence-corrected chi connectivity index (χ0v) is 16.3. The molecule has 1 aliphatic rings. The predicted octanol–water partition coefficient (Wildman–Crippen LogP) is 2.62. The molecule has 1 saturated heterocycles. The van der Waals surface area contributed by atoms with Crippen LogP contribution in [0, 0.1) is 0 Å². The lowest BCUT2D eigenvalue weighted by atomic mass is 10.2. The number of nitrogens with zero attached hydrogens (tertiary/aromatic N) is 4. The van der Waals surface area contributed by atoms with Crippen molar-refractivity contribution in [3.63, 3.8) is 0 Å². The molecule has 0 bridgehead atoms. The van der Waals surface area contributed by atoms with Crippen LogP contribution in [0.25, 0.3) is 0 Å². The molecule has 7 heteroatoms. The first-order chi connectivity index (χ1) is 12.9. The number of hydrogen-bond acceptors (Lipinski definition) is 6. The molecule has 1 amide bonds. The lowest BCUT2D eigenvalue weighted by molar-refractivity contribution is 0.0771. The molecular formula is C20H26N4O3. The van der Waals surface area contributed by atoms with Gasteiger partial charge in [-0.05, 0) is 38.1 Å². The van der Waals surface area contributed by atoms with E-state index in [-0.39, 0.29) is 18.1 Å². The molecule has 1 aromatic heterocycles. The number of anilines is 1. The maximum Gasteiger partial charge on any atom is 0.253 e. The summed E-state index contributed by atoms with van der Waals surface area (Å²) in [5.74, 6) is 1.99. The van der Waals surface area contributed by atoms with Gasteiger partial charge in [-0.3, -0.25) is 9.78 Å². The fourth-order valence-electron chi connectivity index (χ4n) is 2.92. The van der Waals surface area contributed by atoms with Crippen LogP contribution >= 0.6 is 0 Å². The van der Waals surface area contributed by atoms with Crippen LogP contribution in [0.1, 0.15) is 30.6 Å². The van der Waals surface area contributed by atoms with Gasteiger partial charge < -0.3 is 19.3 Å². The van der Waals surface area contributed by atoms with Gasteiger partial charge in [0, 0.05) is 32.6 Å². The van der Waals surface area contributed by atoms with E-state index in [4.69, 9.17) is 9.47 Å². The van der Waals surface area contributed by atoms with Gasteiger partial charge in [-0.15, -0.1) is 0 Å². The average Bonchev–Trinajstić information content (AvgIpc) is 3.10. The van der Waals surface area contributed by atoms with Crippen molar-refractivity contribution in [1.82, 2.24) is 14.9 Å². The Bertz CT molecular complexity index is 777. The van der Waals surface area contributed by atoms with E-state index in [0.717, 1.165) is 18.0 Å². The van der Waals surface area contributed by atoms with Gasteiger partial charge in [0.2, 0.25) is 5.88 Å². The fraction of sp³-hybridized carbons (Fsp3) is 0.450. The minimum Gasteiger partial charge on any atom is -0.491 e. The van der Waals surface area contributed by atoms with Crippen LogP contribution in [0.5, 0.6) is 11.6 Å². The summed E-state index contributed by atoms with van der Waals surface area (Å²) in [6.07, 6.45) is 4.09. The Balaban J connectivity index is 1.58. The van der Waals surface area contributed by atoms with Crippen molar-refractivity contribution in [2.75, 3.05) is 32.1 Å². The summed E-state index contributed by atoms with van der Waals surface area (Å²) < 4.78 is 11.6. The van der Waals surface area contributed by atoms with Gasteiger partial charge >= 0.3 is 0 Å². The highest BCUT2D eigenvalue weighted by Crippen LogP contribution is 2.21. The second kappa shape index (κ2) is 8.24. The summed E-state index contributed by atoms with van der Waals surface area (Å²) in [5.41, 5.74) is 0.654. The molecule has 0 N–H and O–H groups in total. The van der Waals surface area contributed by atoms with Crippen LogP contribution in [-0.2, 0) is 0 Å². The molecule has 0 saturated carbocycles. The molecule has 144 valence electrons. The molecule has 1 atom stereocenters. The summed E-state index contributed by atoms with van der Waals surface area (Å²) in [4.78, 5) is 25.0. The van der Waals surface area contributed by atoms with Crippen LogP contribution < -0.4 is 14.4 Å². The van der Waals surface area contributed by atoms with Crippen molar-refractivity contribution in [3.05, 3.63) is 42.2 Å². The van der Waals surface area contributed by atoms with Crippen LogP contribution in [0.4, 0.5) is 5.82 Å². The summed E-state index contributed by atoms with van der Waals surface area (Å²) in [6.45, 7) is 5.15. The van der Waals surface area contributed by atoms with Gasteiger partial charge in [-0.1, -0.05) is 0 Å². The van der Waals surface area contributed by atoms with Crippen LogP contribution in [0.15, 0.2) is 36.7 Å². The van der Waals surface area contributed by atoms with Gasteiger partial charge in [0.1, 0.15) is 11.9 Å². The van der Waals surface area contributed by atoms with Gasteiger partial charge in [-0.25, -0.2) is 0 Å². The molecule has 0 aliphatic carbocycles. The van der Waals surface area contributed by atoms with Gasteiger partial charge in [-0.2, -0.15) is 4.98 Å². The standard InChI is InChI=1S/C20H26N4O3/c1-14(2)26-16-7-5-15(6-8-16)20(25)24-10-9-17(13-24)27-19-12-21-11-18(22-19)23(3)4/h5-8,11-12,14,17H,9-10,13H2,1-4H3. The first-order valence-electron chi connectivity index (χ1n) is 9.14. The van der Waals surface area contributed by atoms with Crippen molar-refractivity contribution in [2.45, 2.75) is 32.5 Å². The van der Waals surface area contributed by atoms with Crippen molar-refractivity contribution >= 4 is 11.7 Å². The number of hydrogen-bond donors (Lipinski definition) is 0. The molecule has 7 nitrogen and oxygen atoms in total. The lowest BCUT2D eigenvalue weighted by Gasteiger charge is -2.18. The molecule has 1 aromatic carbocycles. The first-order valence-corrected chi connectivity index (χ1v) is 9.14. The number of likely N-dealkylation sites (tertiary alicyclic amines) is 1. The van der Waals surface area contributed by atoms with E-state index in [2.05, 4.69) is 9.97 Å². The zero-order chi connectivity index (χ0) is 19.4. The molecule has 0 radical (unpaired) electrons. The fourth-order valence-corrected chi connectivity index (χ4v) is 2.92. The Morgan fingerprint density at radius 3 is 2.63 bits per heavy atom. The lowest BCUT2D eigenvalue weighted by Crippen LogP contribution is -2.31. The third kappa shape index (κ3) is 4.87. The number of carbonyl (C=O) groups is 1. The van der Waals surface area contributed by atoms with E-state index in [1.165, 1.54) is 0 Å². The van der Waals surface area contributed by atoms with E-state index >= 15 is 0 Å². The molecular weight excluding hydrogens is 344 g/mol. The molecule has 1 aliphatic heterocycles. The number of ether oxygens (including phenoxy) is 2. The van der Waals surface area contributed by atoms with Gasteiger partial charge in [0.25, 0.3) is 5.91 Å². The molecule has 1 unspecified atom stereocenters. The summed E-state index contributed by atoms with van der Waals surface area (Å²) in [7, 11) is 3.81. The minimum absolute atomic E-state index is 0.00493. The quantitative estimate of drug-likeness (QED) is 0.779. The Labute approximate surface area is 159 Å². The summed E-state index contributed by atoms with van der Waals surface area (Å²) >= 11 is 0. The number of amides is 1. The van der Waals surface area contributed by atoms with Gasteiger partial charge in [0.15, 0.2) is 5.82 Å². The van der Waals surface area contributed by atoms with Crippen LogP contribution in [0.3, 0.4) is 0 Å². The molecule has 2 aromatic rings. The summed E-state index contributed by atoms with van der Waals surface area (Å²) in [6, 6.07) is 7.28. The molecule has 2 heterocycles. The largest absolute Gasteiger partial charge is 0.491 e. The van der Waals surface area contributed by atoms with E-state index in [9.17, 15) is 4.79 Å². The summed E-state index contributed by atoms with van der Waals surface area (Å²) in [5, 5.41) is 0. The van der Waals surface area contributed by atoms with Crippen molar-refractivity contribution < 1.29 is 14.3 Å². The minimum atomic E-state index is -0.0794. The van der Waals surface area contributed by atoms with Crippen molar-refractivity contribution in [1.29, 1.82) is 0 Å². The Hall–Kier alpha value is -2.83. The normalized spacial score (nSPS) is 16.5. The maximum atomic E-state index is 12.7. The highest BCUT2D eigenvalue weighted by molar-refractivity contribution is 5.94. The topological polar surface area (TPSA) is 67.8 Å². The molecule has 0 spiro atoms. The van der Waals surface area contributed by atoms with Gasteiger partial charge in [0.05, 0.1) is 25.0 Å². The van der Waals surface area contributed by atoms with E-state index in [1.54, 1.807) is 24.5 Å². The Morgan fingerprint density at radius 1 is 1.22 bits per heavy atom. The Kier molecular flexibility index (Phi) is 5.78. The first kappa shape index (κ1) is 18.9. The second-order valence-corrected chi connectivity index (χ2v) is 7.08. The maximum absolute atomic E-state index is 12.7.